The summed E-state index contributed by atoms with van der Waals surface area (Å²) in [7, 11) is 0. The van der Waals surface area contributed by atoms with E-state index in [0.717, 1.165) is 4.88 Å². The first-order valence-electron chi connectivity index (χ1n) is 7.06. The normalized spacial score (nSPS) is 10.8. The van der Waals surface area contributed by atoms with Crippen LogP contribution in [-0.2, 0) is 11.4 Å². The molecule has 1 aromatic carbocycles. The highest BCUT2D eigenvalue weighted by Crippen LogP contribution is 2.23. The van der Waals surface area contributed by atoms with Crippen molar-refractivity contribution < 1.29 is 14.4 Å². The van der Waals surface area contributed by atoms with Gasteiger partial charge in [0.1, 0.15) is 23.6 Å². The third-order valence-corrected chi connectivity index (χ3v) is 4.80. The van der Waals surface area contributed by atoms with Crippen molar-refractivity contribution in [3.8, 4) is 5.75 Å². The van der Waals surface area contributed by atoms with Crippen molar-refractivity contribution in [2.24, 2.45) is 4.99 Å². The number of hydrogen-bond donors (Lipinski definition) is 1. The molecule has 0 bridgehead atoms. The van der Waals surface area contributed by atoms with E-state index in [1.165, 1.54) is 29.0 Å². The van der Waals surface area contributed by atoms with E-state index < -0.39 is 5.97 Å². The molecule has 25 heavy (non-hydrogen) atoms. The lowest BCUT2D eigenvalue weighted by Crippen LogP contribution is -2.17. The molecular formula is C16H12ClN3O3S2. The Morgan fingerprint density at radius 2 is 2.28 bits per heavy atom. The number of hydroxylamine groups is 1. The first-order valence-corrected chi connectivity index (χ1v) is 9.14. The van der Waals surface area contributed by atoms with Crippen molar-refractivity contribution in [2.45, 2.75) is 6.61 Å². The summed E-state index contributed by atoms with van der Waals surface area (Å²) in [5.41, 5.74) is 3.06. The molecule has 0 atom stereocenters. The molecule has 3 aromatic rings. The molecule has 2 aromatic heterocycles. The predicted molar refractivity (Wildman–Crippen MR) is 98.9 cm³/mol. The maximum Gasteiger partial charge on any atom is 0.372 e. The molecule has 0 saturated heterocycles. The van der Waals surface area contributed by atoms with Gasteiger partial charge in [-0.1, -0.05) is 23.7 Å². The first kappa shape index (κ1) is 17.4. The summed E-state index contributed by atoms with van der Waals surface area (Å²) < 4.78 is 6.16. The zero-order valence-electron chi connectivity index (χ0n) is 12.7. The lowest BCUT2D eigenvalue weighted by Gasteiger charge is -2.05. The van der Waals surface area contributed by atoms with Gasteiger partial charge in [-0.05, 0) is 23.6 Å². The van der Waals surface area contributed by atoms with Gasteiger partial charge < -0.3 is 9.57 Å². The summed E-state index contributed by atoms with van der Waals surface area (Å²) in [6, 6.07) is 10.7. The minimum absolute atomic E-state index is 0.383. The second kappa shape index (κ2) is 8.61. The second-order valence-corrected chi connectivity index (χ2v) is 7.25. The lowest BCUT2D eigenvalue weighted by atomic mass is 10.3. The van der Waals surface area contributed by atoms with Gasteiger partial charge in [0.05, 0.1) is 10.6 Å². The quantitative estimate of drug-likeness (QED) is 0.364. The maximum absolute atomic E-state index is 11.6. The number of thiazole rings is 1. The fourth-order valence-corrected chi connectivity index (χ4v) is 3.27. The summed E-state index contributed by atoms with van der Waals surface area (Å²) in [6.45, 7) is 0.383. The minimum Gasteiger partial charge on any atom is -0.488 e. The van der Waals surface area contributed by atoms with Crippen LogP contribution in [0.15, 0.2) is 53.0 Å². The molecule has 0 spiro atoms. The Labute approximate surface area is 156 Å². The number of carbonyl (C=O) groups is 1. The smallest absolute Gasteiger partial charge is 0.372 e. The molecule has 0 aliphatic heterocycles. The van der Waals surface area contributed by atoms with Gasteiger partial charge in [-0.2, -0.15) is 0 Å². The number of carbonyl (C=O) groups excluding carboxylic acids is 1. The van der Waals surface area contributed by atoms with Crippen molar-refractivity contribution >= 4 is 52.3 Å². The molecule has 128 valence electrons. The standard InChI is InChI=1S/C16H12ClN3O3S2/c17-16-18-8-13(25-16)9-22-12-4-1-3-11(7-12)19-10-20-23-15(21)14-5-2-6-24-14/h1-8,10H,9H2,(H,19,20). The van der Waals surface area contributed by atoms with Crippen LogP contribution in [-0.4, -0.2) is 17.3 Å². The van der Waals surface area contributed by atoms with Crippen molar-refractivity contribution in [3.05, 3.63) is 62.2 Å². The number of hydrogen-bond acceptors (Lipinski definition) is 7. The van der Waals surface area contributed by atoms with Crippen LogP contribution in [0, 0.1) is 0 Å². The van der Waals surface area contributed by atoms with E-state index in [0.29, 0.717) is 27.4 Å². The van der Waals surface area contributed by atoms with E-state index in [4.69, 9.17) is 21.2 Å². The highest BCUT2D eigenvalue weighted by atomic mass is 35.5. The van der Waals surface area contributed by atoms with Gasteiger partial charge in [-0.15, -0.1) is 22.7 Å². The Balaban J connectivity index is 1.50. The molecule has 0 unspecified atom stereocenters. The summed E-state index contributed by atoms with van der Waals surface area (Å²) in [4.78, 5) is 26.1. The Bertz CT molecular complexity index is 865. The molecule has 0 aliphatic carbocycles. The number of ether oxygens (including phenoxy) is 1. The van der Waals surface area contributed by atoms with Gasteiger partial charge in [-0.3, -0.25) is 0 Å². The predicted octanol–water partition coefficient (Wildman–Crippen LogP) is 4.46. The van der Waals surface area contributed by atoms with Crippen LogP contribution < -0.4 is 10.2 Å². The third kappa shape index (κ3) is 5.28. The average Bonchev–Trinajstić information content (AvgIpc) is 3.29. The van der Waals surface area contributed by atoms with Crippen molar-refractivity contribution in [3.63, 3.8) is 0 Å². The molecule has 1 N–H and O–H groups in total. The van der Waals surface area contributed by atoms with Crippen molar-refractivity contribution in [2.75, 3.05) is 0 Å². The van der Waals surface area contributed by atoms with Gasteiger partial charge in [-0.25, -0.2) is 20.3 Å². The topological polar surface area (TPSA) is 72.8 Å². The second-order valence-electron chi connectivity index (χ2n) is 4.61. The van der Waals surface area contributed by atoms with Crippen LogP contribution in [0.3, 0.4) is 0 Å². The molecular weight excluding hydrogens is 382 g/mol. The van der Waals surface area contributed by atoms with E-state index in [1.54, 1.807) is 35.8 Å². The van der Waals surface area contributed by atoms with Crippen LogP contribution in [0.2, 0.25) is 4.47 Å². The van der Waals surface area contributed by atoms with Gasteiger partial charge in [0, 0.05) is 12.3 Å². The third-order valence-electron chi connectivity index (χ3n) is 2.86. The highest BCUT2D eigenvalue weighted by molar-refractivity contribution is 7.15. The van der Waals surface area contributed by atoms with Crippen LogP contribution >= 0.6 is 34.3 Å². The Morgan fingerprint density at radius 1 is 1.36 bits per heavy atom. The van der Waals surface area contributed by atoms with Crippen LogP contribution in [0.5, 0.6) is 5.75 Å². The van der Waals surface area contributed by atoms with Crippen LogP contribution in [0.25, 0.3) is 0 Å². The average molecular weight is 394 g/mol. The summed E-state index contributed by atoms with van der Waals surface area (Å²) in [5, 5.41) is 1.80. The Hall–Kier alpha value is -2.42. The minimum atomic E-state index is -0.457. The van der Waals surface area contributed by atoms with Crippen molar-refractivity contribution in [1.29, 1.82) is 0 Å². The lowest BCUT2D eigenvalue weighted by molar-refractivity contribution is 0.0401. The SMILES string of the molecule is O=C(ONC=Nc1cccc(OCc2cnc(Cl)s2)c1)c1cccs1. The van der Waals surface area contributed by atoms with Gasteiger partial charge in [0.25, 0.3) is 0 Å². The van der Waals surface area contributed by atoms with E-state index in [1.807, 2.05) is 12.1 Å². The van der Waals surface area contributed by atoms with E-state index in [9.17, 15) is 4.79 Å². The number of benzene rings is 1. The van der Waals surface area contributed by atoms with Crippen molar-refractivity contribution in [1.82, 2.24) is 10.5 Å². The fourth-order valence-electron chi connectivity index (χ4n) is 1.78. The molecule has 0 aliphatic rings. The molecule has 9 heteroatoms. The molecule has 0 saturated carbocycles. The molecule has 3 rings (SSSR count). The first-order chi connectivity index (χ1) is 12.2. The molecule has 0 amide bonds. The van der Waals surface area contributed by atoms with E-state index >= 15 is 0 Å². The zero-order valence-corrected chi connectivity index (χ0v) is 15.1. The Morgan fingerprint density at radius 3 is 3.04 bits per heavy atom. The molecule has 2 heterocycles. The van der Waals surface area contributed by atoms with E-state index in [2.05, 4.69) is 15.5 Å². The van der Waals surface area contributed by atoms with Crippen LogP contribution in [0.4, 0.5) is 5.69 Å². The number of nitrogens with zero attached hydrogens (tertiary/aromatic N) is 2. The number of rotatable bonds is 7. The van der Waals surface area contributed by atoms with Crippen LogP contribution in [0.1, 0.15) is 14.5 Å². The Kier molecular flexibility index (Phi) is 5.99. The fraction of sp³-hybridized carbons (Fsp3) is 0.0625. The number of halogens is 1. The van der Waals surface area contributed by atoms with Gasteiger partial charge >= 0.3 is 5.97 Å². The highest BCUT2D eigenvalue weighted by Gasteiger charge is 2.06. The number of aliphatic imine (C=N–C) groups is 1. The number of aromatic nitrogens is 1. The number of thiophene rings is 1. The maximum atomic E-state index is 11.6. The summed E-state index contributed by atoms with van der Waals surface area (Å²) in [6.07, 6.45) is 2.98. The zero-order chi connectivity index (χ0) is 17.5. The van der Waals surface area contributed by atoms with Gasteiger partial charge in [0.15, 0.2) is 4.47 Å². The summed E-state index contributed by atoms with van der Waals surface area (Å²) >= 11 is 8.46. The molecule has 0 fully saturated rings. The monoisotopic (exact) mass is 393 g/mol. The largest absolute Gasteiger partial charge is 0.488 e. The van der Waals surface area contributed by atoms with E-state index in [-0.39, 0.29) is 0 Å². The number of nitrogens with one attached hydrogen (secondary N) is 1. The molecule has 6 nitrogen and oxygen atoms in total. The summed E-state index contributed by atoms with van der Waals surface area (Å²) in [5.74, 6) is 0.205. The van der Waals surface area contributed by atoms with Gasteiger partial charge in [0.2, 0.25) is 0 Å². The molecule has 0 radical (unpaired) electrons.